The summed E-state index contributed by atoms with van der Waals surface area (Å²) in [6.45, 7) is 5.15. The van der Waals surface area contributed by atoms with Crippen molar-refractivity contribution in [1.29, 1.82) is 0 Å². The molecular formula is C23H28N4O4. The number of piperazine rings is 1. The van der Waals surface area contributed by atoms with Gasteiger partial charge >= 0.3 is 0 Å². The number of hydrogen-bond acceptors (Lipinski definition) is 6. The van der Waals surface area contributed by atoms with E-state index < -0.39 is 0 Å². The summed E-state index contributed by atoms with van der Waals surface area (Å²) in [5.41, 5.74) is 2.76. The molecule has 0 bridgehead atoms. The normalized spacial score (nSPS) is 18.5. The number of amides is 1. The van der Waals surface area contributed by atoms with E-state index in [9.17, 15) is 9.59 Å². The maximum absolute atomic E-state index is 13.1. The van der Waals surface area contributed by atoms with Crippen molar-refractivity contribution in [1.82, 2.24) is 19.6 Å². The third-order valence-corrected chi connectivity index (χ3v) is 6.36. The molecule has 1 fully saturated rings. The molecule has 0 N–H and O–H groups in total. The zero-order chi connectivity index (χ0) is 21.2. The minimum Gasteiger partial charge on any atom is -0.486 e. The smallest absolute Gasteiger partial charge is 0.267 e. The molecule has 1 saturated heterocycles. The Balaban J connectivity index is 1.18. The Labute approximate surface area is 181 Å². The Morgan fingerprint density at radius 1 is 1.00 bits per heavy atom. The number of para-hydroxylation sites is 1. The predicted molar refractivity (Wildman–Crippen MR) is 115 cm³/mol. The quantitative estimate of drug-likeness (QED) is 0.738. The first-order valence-corrected chi connectivity index (χ1v) is 11.2. The van der Waals surface area contributed by atoms with Crippen LogP contribution in [0.4, 0.5) is 0 Å². The van der Waals surface area contributed by atoms with E-state index in [0.717, 1.165) is 56.6 Å². The zero-order valence-electron chi connectivity index (χ0n) is 17.7. The van der Waals surface area contributed by atoms with Crippen LogP contribution < -0.4 is 15.0 Å². The van der Waals surface area contributed by atoms with Crippen LogP contribution in [-0.4, -0.2) is 71.4 Å². The molecule has 8 heteroatoms. The van der Waals surface area contributed by atoms with Gasteiger partial charge in [0.2, 0.25) is 0 Å². The van der Waals surface area contributed by atoms with Crippen LogP contribution >= 0.6 is 0 Å². The van der Waals surface area contributed by atoms with Crippen molar-refractivity contribution in [2.24, 2.45) is 0 Å². The lowest BCUT2D eigenvalue weighted by Crippen LogP contribution is -2.49. The molecule has 1 amide bonds. The number of nitrogens with zero attached hydrogens (tertiary/aromatic N) is 4. The van der Waals surface area contributed by atoms with Crippen LogP contribution in [0.15, 0.2) is 29.1 Å². The number of hydrogen-bond donors (Lipinski definition) is 0. The van der Waals surface area contributed by atoms with Gasteiger partial charge in [0.25, 0.3) is 11.5 Å². The Kier molecular flexibility index (Phi) is 5.63. The van der Waals surface area contributed by atoms with E-state index in [4.69, 9.17) is 9.47 Å². The highest BCUT2D eigenvalue weighted by molar-refractivity contribution is 5.98. The molecule has 2 aromatic rings. The molecule has 0 saturated carbocycles. The van der Waals surface area contributed by atoms with Gasteiger partial charge in [-0.15, -0.1) is 0 Å². The van der Waals surface area contributed by atoms with Gasteiger partial charge in [-0.2, -0.15) is 5.10 Å². The Morgan fingerprint density at radius 2 is 1.81 bits per heavy atom. The van der Waals surface area contributed by atoms with E-state index in [-0.39, 0.29) is 11.5 Å². The average molecular weight is 425 g/mol. The Bertz CT molecular complexity index is 1030. The number of benzene rings is 1. The number of carbonyl (C=O) groups is 1. The number of fused-ring (bicyclic) bond motifs is 2. The van der Waals surface area contributed by atoms with E-state index in [1.54, 1.807) is 16.8 Å². The lowest BCUT2D eigenvalue weighted by Gasteiger charge is -2.35. The van der Waals surface area contributed by atoms with Crippen molar-refractivity contribution < 1.29 is 14.3 Å². The maximum atomic E-state index is 13.1. The molecule has 0 atom stereocenters. The van der Waals surface area contributed by atoms with E-state index in [1.165, 1.54) is 0 Å². The fourth-order valence-corrected chi connectivity index (χ4v) is 4.58. The van der Waals surface area contributed by atoms with Crippen molar-refractivity contribution >= 4 is 5.91 Å². The second-order valence-corrected chi connectivity index (χ2v) is 8.35. The summed E-state index contributed by atoms with van der Waals surface area (Å²) in [4.78, 5) is 29.6. The summed E-state index contributed by atoms with van der Waals surface area (Å²) < 4.78 is 12.9. The van der Waals surface area contributed by atoms with Crippen LogP contribution in [-0.2, 0) is 19.4 Å². The molecule has 1 aromatic heterocycles. The Hall–Kier alpha value is -2.87. The molecule has 164 valence electrons. The standard InChI is InChI=1S/C23H28N4O4/c28-21-16-17-4-1-2-6-19(17)24-27(21)13-10-25-8-11-26(12-9-25)23(29)18-5-3-7-20-22(18)31-15-14-30-20/h3,5,7,16H,1-2,4,6,8-15H2. The summed E-state index contributed by atoms with van der Waals surface area (Å²) >= 11 is 0. The number of rotatable bonds is 4. The van der Waals surface area contributed by atoms with E-state index in [1.807, 2.05) is 17.0 Å². The largest absolute Gasteiger partial charge is 0.486 e. The first-order valence-electron chi connectivity index (χ1n) is 11.2. The first kappa shape index (κ1) is 20.1. The number of carbonyl (C=O) groups excluding carboxylic acids is 1. The van der Waals surface area contributed by atoms with Crippen molar-refractivity contribution in [3.05, 3.63) is 51.4 Å². The molecular weight excluding hydrogens is 396 g/mol. The Morgan fingerprint density at radius 3 is 2.68 bits per heavy atom. The van der Waals surface area contributed by atoms with Crippen LogP contribution in [0.5, 0.6) is 11.5 Å². The summed E-state index contributed by atoms with van der Waals surface area (Å²) in [5.74, 6) is 1.17. The molecule has 0 radical (unpaired) electrons. The average Bonchev–Trinajstić information content (AvgIpc) is 2.82. The fourth-order valence-electron chi connectivity index (χ4n) is 4.58. The lowest BCUT2D eigenvalue weighted by molar-refractivity contribution is 0.0622. The van der Waals surface area contributed by atoms with Crippen molar-refractivity contribution in [3.8, 4) is 11.5 Å². The van der Waals surface area contributed by atoms with Gasteiger partial charge < -0.3 is 14.4 Å². The number of ether oxygens (including phenoxy) is 2. The molecule has 1 aromatic carbocycles. The minimum absolute atomic E-state index is 0.00876. The van der Waals surface area contributed by atoms with Crippen molar-refractivity contribution in [3.63, 3.8) is 0 Å². The minimum atomic E-state index is -0.0189. The maximum Gasteiger partial charge on any atom is 0.267 e. The molecule has 0 spiro atoms. The highest BCUT2D eigenvalue weighted by Gasteiger charge is 2.27. The van der Waals surface area contributed by atoms with Gasteiger partial charge in [-0.05, 0) is 43.4 Å². The lowest BCUT2D eigenvalue weighted by atomic mass is 9.97. The van der Waals surface area contributed by atoms with Crippen LogP contribution in [0, 0.1) is 0 Å². The predicted octanol–water partition coefficient (Wildman–Crippen LogP) is 1.35. The molecule has 5 rings (SSSR count). The molecule has 3 aliphatic rings. The van der Waals surface area contributed by atoms with Gasteiger partial charge in [-0.1, -0.05) is 6.07 Å². The topological polar surface area (TPSA) is 76.9 Å². The van der Waals surface area contributed by atoms with Crippen molar-refractivity contribution in [2.45, 2.75) is 32.2 Å². The molecule has 8 nitrogen and oxygen atoms in total. The third kappa shape index (κ3) is 4.17. The summed E-state index contributed by atoms with van der Waals surface area (Å²) in [5, 5.41) is 4.61. The van der Waals surface area contributed by atoms with Gasteiger partial charge in [-0.3, -0.25) is 14.5 Å². The van der Waals surface area contributed by atoms with Crippen LogP contribution in [0.25, 0.3) is 0 Å². The van der Waals surface area contributed by atoms with E-state index in [0.29, 0.717) is 49.9 Å². The van der Waals surface area contributed by atoms with Gasteiger partial charge in [0.15, 0.2) is 11.5 Å². The first-order chi connectivity index (χ1) is 15.2. The van der Waals surface area contributed by atoms with Gasteiger partial charge in [0.1, 0.15) is 13.2 Å². The molecule has 31 heavy (non-hydrogen) atoms. The third-order valence-electron chi connectivity index (χ3n) is 6.36. The SMILES string of the molecule is O=C(c1cccc2c1OCCO2)N1CCN(CCn2nc3c(cc2=O)CCCC3)CC1. The highest BCUT2D eigenvalue weighted by Crippen LogP contribution is 2.34. The van der Waals surface area contributed by atoms with Crippen LogP contribution in [0.3, 0.4) is 0 Å². The second-order valence-electron chi connectivity index (χ2n) is 8.35. The molecule has 0 unspecified atom stereocenters. The van der Waals surface area contributed by atoms with E-state index in [2.05, 4.69) is 10.00 Å². The number of aromatic nitrogens is 2. The second kappa shape index (κ2) is 8.70. The van der Waals surface area contributed by atoms with Gasteiger partial charge in [0, 0.05) is 38.8 Å². The molecule has 3 heterocycles. The molecule has 2 aliphatic heterocycles. The van der Waals surface area contributed by atoms with Gasteiger partial charge in [-0.25, -0.2) is 4.68 Å². The summed E-state index contributed by atoms with van der Waals surface area (Å²) in [7, 11) is 0. The zero-order valence-corrected chi connectivity index (χ0v) is 17.7. The fraction of sp³-hybridized carbons (Fsp3) is 0.522. The summed E-state index contributed by atoms with van der Waals surface area (Å²) in [6.07, 6.45) is 4.23. The summed E-state index contributed by atoms with van der Waals surface area (Å²) in [6, 6.07) is 7.24. The van der Waals surface area contributed by atoms with Gasteiger partial charge in [0.05, 0.1) is 17.8 Å². The number of aryl methyl sites for hydroxylation is 2. The van der Waals surface area contributed by atoms with E-state index >= 15 is 0 Å². The van der Waals surface area contributed by atoms with Crippen LogP contribution in [0.2, 0.25) is 0 Å². The highest BCUT2D eigenvalue weighted by atomic mass is 16.6. The monoisotopic (exact) mass is 424 g/mol. The van der Waals surface area contributed by atoms with Crippen LogP contribution in [0.1, 0.15) is 34.5 Å². The van der Waals surface area contributed by atoms with Crippen molar-refractivity contribution in [2.75, 3.05) is 45.9 Å². The molecule has 1 aliphatic carbocycles.